The normalized spacial score (nSPS) is 13.1. The van der Waals surface area contributed by atoms with Gasteiger partial charge in [-0.3, -0.25) is 5.43 Å². The summed E-state index contributed by atoms with van der Waals surface area (Å²) >= 11 is 1.45. The monoisotopic (exact) mass is 369 g/mol. The van der Waals surface area contributed by atoms with Crippen LogP contribution in [0.3, 0.4) is 0 Å². The maximum absolute atomic E-state index is 13.0. The molecule has 1 aliphatic heterocycles. The van der Waals surface area contributed by atoms with Gasteiger partial charge in [0.25, 0.3) is 0 Å². The van der Waals surface area contributed by atoms with Gasteiger partial charge in [-0.25, -0.2) is 9.37 Å². The summed E-state index contributed by atoms with van der Waals surface area (Å²) in [5, 5.41) is 6.99. The fourth-order valence-corrected chi connectivity index (χ4v) is 3.27. The van der Waals surface area contributed by atoms with Gasteiger partial charge >= 0.3 is 0 Å². The fraction of sp³-hybridized carbons (Fsp3) is 0.158. The molecule has 0 unspecified atom stereocenters. The molecule has 1 aliphatic rings. The van der Waals surface area contributed by atoms with Crippen LogP contribution in [0, 0.1) is 5.82 Å². The molecule has 132 valence electrons. The predicted octanol–water partition coefficient (Wildman–Crippen LogP) is 4.71. The second kappa shape index (κ2) is 7.13. The highest BCUT2D eigenvalue weighted by Gasteiger charge is 2.13. The number of fused-ring (bicyclic) bond motifs is 1. The molecule has 0 saturated carbocycles. The first kappa shape index (κ1) is 16.5. The van der Waals surface area contributed by atoms with Crippen LogP contribution in [0.5, 0.6) is 11.5 Å². The van der Waals surface area contributed by atoms with Crippen molar-refractivity contribution in [2.75, 3.05) is 12.2 Å². The largest absolute Gasteiger partial charge is 0.454 e. The summed E-state index contributed by atoms with van der Waals surface area (Å²) in [4.78, 5) is 4.48. The van der Waals surface area contributed by atoms with E-state index >= 15 is 0 Å². The first-order valence-corrected chi connectivity index (χ1v) is 8.94. The Morgan fingerprint density at radius 2 is 2.00 bits per heavy atom. The molecule has 0 aliphatic carbocycles. The van der Waals surface area contributed by atoms with Gasteiger partial charge in [-0.1, -0.05) is 6.07 Å². The molecule has 7 heteroatoms. The van der Waals surface area contributed by atoms with E-state index in [1.807, 2.05) is 30.5 Å². The van der Waals surface area contributed by atoms with Crippen LogP contribution in [0.15, 0.2) is 52.9 Å². The molecule has 5 nitrogen and oxygen atoms in total. The maximum atomic E-state index is 13.0. The lowest BCUT2D eigenvalue weighted by Gasteiger charge is -2.03. The number of hydrogen-bond donors (Lipinski definition) is 1. The smallest absolute Gasteiger partial charge is 0.231 e. The third-order valence-electron chi connectivity index (χ3n) is 3.88. The van der Waals surface area contributed by atoms with Gasteiger partial charge in [0, 0.05) is 23.1 Å². The van der Waals surface area contributed by atoms with E-state index in [0.717, 1.165) is 34.0 Å². The average Bonchev–Trinajstić information content (AvgIpc) is 3.29. The summed E-state index contributed by atoms with van der Waals surface area (Å²) in [5.41, 5.74) is 6.67. The Bertz CT molecular complexity index is 954. The lowest BCUT2D eigenvalue weighted by Crippen LogP contribution is -2.01. The highest BCUT2D eigenvalue weighted by atomic mass is 32.1. The number of ether oxygens (including phenoxy) is 2. The van der Waals surface area contributed by atoms with Crippen molar-refractivity contribution in [2.24, 2.45) is 5.10 Å². The molecule has 4 rings (SSSR count). The number of thiazole rings is 1. The molecule has 1 N–H and O–H groups in total. The van der Waals surface area contributed by atoms with Crippen molar-refractivity contribution in [2.45, 2.75) is 13.3 Å². The molecule has 0 radical (unpaired) electrons. The Morgan fingerprint density at radius 1 is 1.19 bits per heavy atom. The van der Waals surface area contributed by atoms with Gasteiger partial charge in [-0.15, -0.1) is 11.3 Å². The summed E-state index contributed by atoms with van der Waals surface area (Å²) in [6, 6.07) is 12.2. The molecule has 0 amide bonds. The molecule has 3 aromatic rings. The number of halogens is 1. The molecular formula is C19H16FN3O2S. The van der Waals surface area contributed by atoms with Crippen molar-refractivity contribution in [3.63, 3.8) is 0 Å². The van der Waals surface area contributed by atoms with Crippen molar-refractivity contribution >= 4 is 22.2 Å². The van der Waals surface area contributed by atoms with Crippen LogP contribution in [0.4, 0.5) is 9.52 Å². The third-order valence-corrected chi connectivity index (χ3v) is 4.63. The van der Waals surface area contributed by atoms with Gasteiger partial charge in [0.1, 0.15) is 5.82 Å². The molecule has 2 aromatic carbocycles. The molecule has 1 aromatic heterocycles. The number of anilines is 1. The van der Waals surface area contributed by atoms with Gasteiger partial charge in [0.05, 0.1) is 5.69 Å². The molecule has 0 spiro atoms. The first-order chi connectivity index (χ1) is 12.7. The molecule has 0 fully saturated rings. The Morgan fingerprint density at radius 3 is 2.85 bits per heavy atom. The van der Waals surface area contributed by atoms with Crippen LogP contribution in [-0.4, -0.2) is 17.5 Å². The molecule has 0 atom stereocenters. The Hall–Kier alpha value is -2.93. The summed E-state index contributed by atoms with van der Waals surface area (Å²) in [6.45, 7) is 2.22. The lowest BCUT2D eigenvalue weighted by atomic mass is 10.1. The van der Waals surface area contributed by atoms with Gasteiger partial charge in [0.2, 0.25) is 11.9 Å². The van der Waals surface area contributed by atoms with Gasteiger partial charge in [0.15, 0.2) is 11.5 Å². The first-order valence-electron chi connectivity index (χ1n) is 8.06. The van der Waals surface area contributed by atoms with Crippen LogP contribution in [-0.2, 0) is 6.42 Å². The van der Waals surface area contributed by atoms with E-state index in [1.165, 1.54) is 23.5 Å². The zero-order valence-electron chi connectivity index (χ0n) is 14.0. The van der Waals surface area contributed by atoms with Crippen molar-refractivity contribution in [1.82, 2.24) is 4.98 Å². The Kier molecular flexibility index (Phi) is 4.53. The molecular weight excluding hydrogens is 353 g/mol. The van der Waals surface area contributed by atoms with E-state index in [9.17, 15) is 4.39 Å². The number of hydrazone groups is 1. The van der Waals surface area contributed by atoms with E-state index in [4.69, 9.17) is 9.47 Å². The summed E-state index contributed by atoms with van der Waals surface area (Å²) < 4.78 is 23.7. The number of nitrogens with zero attached hydrogens (tertiary/aromatic N) is 2. The van der Waals surface area contributed by atoms with Crippen molar-refractivity contribution in [3.05, 3.63) is 59.2 Å². The highest BCUT2D eigenvalue weighted by molar-refractivity contribution is 7.14. The number of benzene rings is 2. The molecule has 2 heterocycles. The second-order valence-corrected chi connectivity index (χ2v) is 6.73. The van der Waals surface area contributed by atoms with E-state index in [1.54, 1.807) is 12.1 Å². The van der Waals surface area contributed by atoms with Gasteiger partial charge < -0.3 is 9.47 Å². The number of aromatic nitrogens is 1. The second-order valence-electron chi connectivity index (χ2n) is 5.87. The maximum Gasteiger partial charge on any atom is 0.231 e. The zero-order chi connectivity index (χ0) is 17.9. The van der Waals surface area contributed by atoms with Crippen LogP contribution < -0.4 is 14.9 Å². The van der Waals surface area contributed by atoms with E-state index in [0.29, 0.717) is 11.6 Å². The SMILES string of the molecule is C/C(Cc1ccc2c(c1)OCO2)=N\Nc1nc(-c2ccc(F)cc2)cs1. The molecule has 0 bridgehead atoms. The topological polar surface area (TPSA) is 55.7 Å². The minimum absolute atomic E-state index is 0.258. The fourth-order valence-electron chi connectivity index (χ4n) is 2.61. The van der Waals surface area contributed by atoms with Crippen molar-refractivity contribution in [1.29, 1.82) is 0 Å². The Labute approximate surface area is 154 Å². The highest BCUT2D eigenvalue weighted by Crippen LogP contribution is 2.32. The summed E-state index contributed by atoms with van der Waals surface area (Å²) in [5.74, 6) is 1.29. The van der Waals surface area contributed by atoms with Crippen molar-refractivity contribution < 1.29 is 13.9 Å². The quantitative estimate of drug-likeness (QED) is 0.523. The molecule has 26 heavy (non-hydrogen) atoms. The predicted molar refractivity (Wildman–Crippen MR) is 101 cm³/mol. The van der Waals surface area contributed by atoms with Crippen LogP contribution in [0.1, 0.15) is 12.5 Å². The number of hydrogen-bond acceptors (Lipinski definition) is 6. The van der Waals surface area contributed by atoms with E-state index < -0.39 is 0 Å². The van der Waals surface area contributed by atoms with E-state index in [2.05, 4.69) is 15.5 Å². The van der Waals surface area contributed by atoms with Gasteiger partial charge in [-0.2, -0.15) is 5.10 Å². The summed E-state index contributed by atoms with van der Waals surface area (Å²) in [6.07, 6.45) is 0.694. The van der Waals surface area contributed by atoms with Crippen LogP contribution in [0.25, 0.3) is 11.3 Å². The third kappa shape index (κ3) is 3.67. The standard InChI is InChI=1S/C19H16FN3O2S/c1-12(8-13-2-7-17-18(9-13)25-11-24-17)22-23-19-21-16(10-26-19)14-3-5-15(20)6-4-14/h2-7,9-10H,8,11H2,1H3,(H,21,23)/b22-12+. The van der Waals surface area contributed by atoms with Crippen LogP contribution >= 0.6 is 11.3 Å². The van der Waals surface area contributed by atoms with Crippen LogP contribution in [0.2, 0.25) is 0 Å². The van der Waals surface area contributed by atoms with Gasteiger partial charge in [-0.05, 0) is 48.9 Å². The number of nitrogens with one attached hydrogen (secondary N) is 1. The zero-order valence-corrected chi connectivity index (χ0v) is 14.8. The van der Waals surface area contributed by atoms with Crippen molar-refractivity contribution in [3.8, 4) is 22.8 Å². The summed E-state index contributed by atoms with van der Waals surface area (Å²) in [7, 11) is 0. The molecule has 0 saturated heterocycles. The Balaban J connectivity index is 1.40. The van der Waals surface area contributed by atoms with E-state index in [-0.39, 0.29) is 12.6 Å². The number of rotatable bonds is 5. The lowest BCUT2D eigenvalue weighted by molar-refractivity contribution is 0.174. The minimum Gasteiger partial charge on any atom is -0.454 e. The average molecular weight is 369 g/mol. The minimum atomic E-state index is -0.258.